The maximum atomic E-state index is 12.3. The molecule has 0 radical (unpaired) electrons. The van der Waals surface area contributed by atoms with Gasteiger partial charge in [-0.3, -0.25) is 19.1 Å². The third-order valence-corrected chi connectivity index (χ3v) is 4.05. The van der Waals surface area contributed by atoms with Crippen LogP contribution in [0.1, 0.15) is 35.6 Å². The number of esters is 1. The summed E-state index contributed by atoms with van der Waals surface area (Å²) in [4.78, 5) is 47.7. The lowest BCUT2D eigenvalue weighted by molar-refractivity contribution is -0.148. The van der Waals surface area contributed by atoms with Gasteiger partial charge in [-0.05, 0) is 45.0 Å². The van der Waals surface area contributed by atoms with Crippen molar-refractivity contribution in [1.29, 1.82) is 0 Å². The molecule has 2 rings (SSSR count). The highest BCUT2D eigenvalue weighted by Gasteiger charge is 2.28. The molecular formula is C19H22N4O5. The summed E-state index contributed by atoms with van der Waals surface area (Å²) in [6.45, 7) is 6.05. The summed E-state index contributed by atoms with van der Waals surface area (Å²) in [6.07, 6.45) is -1.18. The molecule has 0 aliphatic rings. The molecule has 0 unspecified atom stereocenters. The Bertz CT molecular complexity index is 931. The first kappa shape index (κ1) is 20.8. The molecule has 1 aromatic heterocycles. The highest BCUT2D eigenvalue weighted by atomic mass is 16.6. The highest BCUT2D eigenvalue weighted by Crippen LogP contribution is 2.16. The van der Waals surface area contributed by atoms with Gasteiger partial charge in [0, 0.05) is 31.0 Å². The number of anilines is 2. The van der Waals surface area contributed by atoms with Crippen molar-refractivity contribution in [1.82, 2.24) is 9.78 Å². The Morgan fingerprint density at radius 1 is 1.04 bits per heavy atom. The van der Waals surface area contributed by atoms with Crippen LogP contribution in [0.15, 0.2) is 24.3 Å². The van der Waals surface area contributed by atoms with E-state index in [-0.39, 0.29) is 11.5 Å². The molecule has 28 heavy (non-hydrogen) atoms. The van der Waals surface area contributed by atoms with Crippen LogP contribution in [-0.4, -0.2) is 39.5 Å². The van der Waals surface area contributed by atoms with Gasteiger partial charge in [0.1, 0.15) is 0 Å². The number of aryl methyl sites for hydroxylation is 2. The summed E-state index contributed by atoms with van der Waals surface area (Å²) in [7, 11) is 1.66. The van der Waals surface area contributed by atoms with E-state index in [0.717, 1.165) is 0 Å². The summed E-state index contributed by atoms with van der Waals surface area (Å²) in [5.74, 6) is -2.76. The number of benzene rings is 1. The Hall–Kier alpha value is -3.49. The first-order valence-corrected chi connectivity index (χ1v) is 8.54. The van der Waals surface area contributed by atoms with Crippen LogP contribution in [0.4, 0.5) is 11.4 Å². The highest BCUT2D eigenvalue weighted by molar-refractivity contribution is 6.41. The van der Waals surface area contributed by atoms with Crippen LogP contribution in [-0.2, 0) is 26.2 Å². The average Bonchev–Trinajstić information content (AvgIpc) is 2.87. The van der Waals surface area contributed by atoms with Gasteiger partial charge in [-0.15, -0.1) is 0 Å². The number of nitrogens with zero attached hydrogens (tertiary/aromatic N) is 2. The van der Waals surface area contributed by atoms with Crippen LogP contribution in [0.3, 0.4) is 0 Å². The van der Waals surface area contributed by atoms with Crippen LogP contribution in [0.5, 0.6) is 0 Å². The smallest absolute Gasteiger partial charge is 0.380 e. The zero-order valence-corrected chi connectivity index (χ0v) is 16.3. The number of carbonyl (C=O) groups is 4. The van der Waals surface area contributed by atoms with E-state index in [2.05, 4.69) is 15.7 Å². The maximum absolute atomic E-state index is 12.3. The molecule has 0 saturated heterocycles. The van der Waals surface area contributed by atoms with E-state index in [1.807, 2.05) is 0 Å². The van der Waals surface area contributed by atoms with Gasteiger partial charge in [0.2, 0.25) is 5.91 Å². The zero-order valence-electron chi connectivity index (χ0n) is 16.3. The number of ether oxygens (including phenoxy) is 1. The van der Waals surface area contributed by atoms with E-state index in [9.17, 15) is 19.2 Å². The van der Waals surface area contributed by atoms with Crippen molar-refractivity contribution in [2.45, 2.75) is 33.8 Å². The lowest BCUT2D eigenvalue weighted by Gasteiger charge is -2.13. The number of nitrogens with one attached hydrogen (secondary N) is 2. The third kappa shape index (κ3) is 4.81. The van der Waals surface area contributed by atoms with E-state index < -0.39 is 23.8 Å². The van der Waals surface area contributed by atoms with Crippen LogP contribution >= 0.6 is 0 Å². The number of hydrogen-bond donors (Lipinski definition) is 2. The molecule has 2 amide bonds. The van der Waals surface area contributed by atoms with E-state index in [1.54, 1.807) is 45.2 Å². The number of amides is 2. The molecular weight excluding hydrogens is 364 g/mol. The molecule has 0 aliphatic carbocycles. The summed E-state index contributed by atoms with van der Waals surface area (Å²) in [5, 5.41) is 9.28. The second-order valence-corrected chi connectivity index (χ2v) is 6.29. The van der Waals surface area contributed by atoms with E-state index in [4.69, 9.17) is 4.74 Å². The molecule has 9 nitrogen and oxygen atoms in total. The van der Waals surface area contributed by atoms with E-state index >= 15 is 0 Å². The fourth-order valence-electron chi connectivity index (χ4n) is 2.56. The first-order valence-electron chi connectivity index (χ1n) is 8.54. The summed E-state index contributed by atoms with van der Waals surface area (Å²) < 4.78 is 6.50. The molecule has 0 spiro atoms. The summed E-state index contributed by atoms with van der Waals surface area (Å²) in [5.41, 5.74) is 2.16. The normalized spacial score (nSPS) is 11.5. The SMILES string of the molecule is CC(=O)Nc1ccc(NC(=O)[C@H](C)OC(=O)C(=O)c2c(C)nn(C)c2C)cc1. The molecule has 2 N–H and O–H groups in total. The van der Waals surface area contributed by atoms with Gasteiger partial charge in [-0.1, -0.05) is 0 Å². The van der Waals surface area contributed by atoms with Crippen molar-refractivity contribution in [3.8, 4) is 0 Å². The topological polar surface area (TPSA) is 119 Å². The summed E-state index contributed by atoms with van der Waals surface area (Å²) in [6, 6.07) is 6.41. The molecule has 9 heteroatoms. The van der Waals surface area contributed by atoms with Gasteiger partial charge in [-0.25, -0.2) is 4.79 Å². The van der Waals surface area contributed by atoms with Crippen molar-refractivity contribution in [2.75, 3.05) is 10.6 Å². The lowest BCUT2D eigenvalue weighted by Crippen LogP contribution is -2.32. The van der Waals surface area contributed by atoms with Crippen LogP contribution < -0.4 is 10.6 Å². The number of aromatic nitrogens is 2. The van der Waals surface area contributed by atoms with Gasteiger partial charge in [0.15, 0.2) is 6.10 Å². The van der Waals surface area contributed by atoms with Crippen LogP contribution in [0.2, 0.25) is 0 Å². The number of ketones is 1. The lowest BCUT2D eigenvalue weighted by atomic mass is 10.1. The van der Waals surface area contributed by atoms with Gasteiger partial charge >= 0.3 is 5.97 Å². The molecule has 0 aliphatic heterocycles. The monoisotopic (exact) mass is 386 g/mol. The quantitative estimate of drug-likeness (QED) is 0.443. The standard InChI is InChI=1S/C19H22N4O5/c1-10-16(11(2)23(5)22-10)17(25)19(27)28-12(3)18(26)21-15-8-6-14(7-9-15)20-13(4)24/h6-9,12H,1-5H3,(H,20,24)(H,21,26)/t12-/m0/s1. The van der Waals surface area contributed by atoms with E-state index in [0.29, 0.717) is 22.8 Å². The number of rotatable bonds is 6. The average molecular weight is 386 g/mol. The molecule has 1 aromatic carbocycles. The molecule has 0 fully saturated rings. The Morgan fingerprint density at radius 2 is 1.57 bits per heavy atom. The number of Topliss-reactive ketones (excluding diaryl/α,β-unsaturated/α-hetero) is 1. The second kappa shape index (κ2) is 8.47. The molecule has 148 valence electrons. The molecule has 1 heterocycles. The zero-order chi connectivity index (χ0) is 21.0. The van der Waals surface area contributed by atoms with Crippen molar-refractivity contribution < 1.29 is 23.9 Å². The van der Waals surface area contributed by atoms with Gasteiger partial charge in [-0.2, -0.15) is 5.10 Å². The predicted octanol–water partition coefficient (Wildman–Crippen LogP) is 1.75. The van der Waals surface area contributed by atoms with Crippen molar-refractivity contribution in [3.05, 3.63) is 41.2 Å². The Labute approximate surface area is 162 Å². The maximum Gasteiger partial charge on any atom is 0.380 e. The Morgan fingerprint density at radius 3 is 2.04 bits per heavy atom. The fraction of sp³-hybridized carbons (Fsp3) is 0.316. The largest absolute Gasteiger partial charge is 0.447 e. The molecule has 2 aromatic rings. The van der Waals surface area contributed by atoms with Gasteiger partial charge in [0.05, 0.1) is 11.3 Å². The molecule has 0 saturated carbocycles. The van der Waals surface area contributed by atoms with Crippen LogP contribution in [0, 0.1) is 13.8 Å². The molecule has 1 atom stereocenters. The number of hydrogen-bond acceptors (Lipinski definition) is 6. The van der Waals surface area contributed by atoms with Gasteiger partial charge in [0.25, 0.3) is 11.7 Å². The predicted molar refractivity (Wildman–Crippen MR) is 102 cm³/mol. The summed E-state index contributed by atoms with van der Waals surface area (Å²) >= 11 is 0. The third-order valence-electron chi connectivity index (χ3n) is 4.05. The van der Waals surface area contributed by atoms with Crippen LogP contribution in [0.25, 0.3) is 0 Å². The van der Waals surface area contributed by atoms with Crippen molar-refractivity contribution in [2.24, 2.45) is 7.05 Å². The van der Waals surface area contributed by atoms with Gasteiger partial charge < -0.3 is 15.4 Å². The minimum atomic E-state index is -1.18. The Balaban J connectivity index is 1.98. The first-order chi connectivity index (χ1) is 13.1. The Kier molecular flexibility index (Phi) is 6.29. The second-order valence-electron chi connectivity index (χ2n) is 6.29. The minimum Gasteiger partial charge on any atom is -0.447 e. The number of carbonyl (C=O) groups excluding carboxylic acids is 4. The van der Waals surface area contributed by atoms with Crippen molar-refractivity contribution in [3.63, 3.8) is 0 Å². The fourth-order valence-corrected chi connectivity index (χ4v) is 2.56. The minimum absolute atomic E-state index is 0.175. The molecule has 0 bridgehead atoms. The van der Waals surface area contributed by atoms with E-state index in [1.165, 1.54) is 18.5 Å². The van der Waals surface area contributed by atoms with Crippen molar-refractivity contribution >= 4 is 34.9 Å².